The Hall–Kier alpha value is -3.20. The molecule has 4 heterocycles. The summed E-state index contributed by atoms with van der Waals surface area (Å²) in [5, 5.41) is 10.1. The van der Waals surface area contributed by atoms with Crippen molar-refractivity contribution in [2.75, 3.05) is 20.3 Å². The number of hydrogen-bond acceptors (Lipinski definition) is 6. The third-order valence-corrected chi connectivity index (χ3v) is 5.74. The van der Waals surface area contributed by atoms with Crippen molar-refractivity contribution in [3.8, 4) is 17.1 Å². The monoisotopic (exact) mass is 482 g/mol. The third kappa shape index (κ3) is 4.25. The first-order valence-corrected chi connectivity index (χ1v) is 11.1. The topological polar surface area (TPSA) is 79.3 Å². The molecule has 2 aliphatic heterocycles. The minimum atomic E-state index is 0.365. The van der Waals surface area contributed by atoms with E-state index in [0.29, 0.717) is 37.2 Å². The number of ether oxygens (including phenoxy) is 2. The number of halogens is 2. The lowest BCUT2D eigenvalue weighted by atomic mass is 10.1. The quantitative estimate of drug-likeness (QED) is 0.380. The fraction of sp³-hybridized carbons (Fsp3) is 0.217. The van der Waals surface area contributed by atoms with Crippen LogP contribution in [0.2, 0.25) is 10.0 Å². The maximum atomic E-state index is 6.25. The van der Waals surface area contributed by atoms with Gasteiger partial charge in [0.15, 0.2) is 11.6 Å². The van der Waals surface area contributed by atoms with Gasteiger partial charge in [0.25, 0.3) is 0 Å². The Kier molecular flexibility index (Phi) is 6.13. The van der Waals surface area contributed by atoms with Gasteiger partial charge in [-0.05, 0) is 30.3 Å². The highest BCUT2D eigenvalue weighted by Crippen LogP contribution is 2.34. The third-order valence-electron chi connectivity index (χ3n) is 5.26. The number of rotatable bonds is 3. The zero-order valence-corrected chi connectivity index (χ0v) is 19.3. The van der Waals surface area contributed by atoms with Crippen LogP contribution in [0.3, 0.4) is 0 Å². The highest BCUT2D eigenvalue weighted by Gasteiger charge is 2.28. The van der Waals surface area contributed by atoms with Crippen LogP contribution in [0.4, 0.5) is 0 Å². The summed E-state index contributed by atoms with van der Waals surface area (Å²) in [6.07, 6.45) is 1.79. The zero-order valence-electron chi connectivity index (χ0n) is 17.8. The molecule has 0 saturated carbocycles. The summed E-state index contributed by atoms with van der Waals surface area (Å²) in [5.41, 5.74) is 3.54. The Labute approximate surface area is 200 Å². The summed E-state index contributed by atoms with van der Waals surface area (Å²) in [6.45, 7) is 2.14. The molecule has 0 spiro atoms. The first-order valence-electron chi connectivity index (χ1n) is 10.3. The molecular weight excluding hydrogens is 463 g/mol. The molecule has 2 aromatic heterocycles. The molecule has 0 atom stereocenters. The van der Waals surface area contributed by atoms with Gasteiger partial charge in [-0.3, -0.25) is 4.57 Å². The molecule has 0 aliphatic carbocycles. The van der Waals surface area contributed by atoms with Crippen LogP contribution in [0.25, 0.3) is 17.1 Å². The smallest absolute Gasteiger partial charge is 0.237 e. The van der Waals surface area contributed by atoms with E-state index in [1.807, 2.05) is 57.7 Å². The Morgan fingerprint density at radius 3 is 2.61 bits per heavy atom. The van der Waals surface area contributed by atoms with Crippen LogP contribution in [-0.4, -0.2) is 50.5 Å². The standard InChI is InChI=1S/C17H15ClN6O2.C6H5Cl/c1-25-8-14-21-22-16-11-6-10(18)2-3-12(11)24-9-20-15(13(24)7-23(14)16)17-19-4-5-26-17;7-6-4-2-1-3-5-6/h2-3,6,9H,4-5,7-8H2,1H3;1-5H. The molecule has 0 unspecified atom stereocenters. The summed E-state index contributed by atoms with van der Waals surface area (Å²) < 4.78 is 15.0. The van der Waals surface area contributed by atoms with Crippen molar-refractivity contribution in [2.45, 2.75) is 13.2 Å². The van der Waals surface area contributed by atoms with E-state index in [4.69, 9.17) is 32.7 Å². The molecule has 2 aliphatic rings. The minimum absolute atomic E-state index is 0.365. The van der Waals surface area contributed by atoms with Crippen LogP contribution in [0.5, 0.6) is 0 Å². The maximum Gasteiger partial charge on any atom is 0.237 e. The van der Waals surface area contributed by atoms with Gasteiger partial charge in [0.2, 0.25) is 5.90 Å². The molecule has 0 radical (unpaired) electrons. The van der Waals surface area contributed by atoms with E-state index in [9.17, 15) is 0 Å². The van der Waals surface area contributed by atoms with Crippen LogP contribution >= 0.6 is 23.2 Å². The predicted octanol–water partition coefficient (Wildman–Crippen LogP) is 4.41. The largest absolute Gasteiger partial charge is 0.474 e. The van der Waals surface area contributed by atoms with Gasteiger partial charge >= 0.3 is 0 Å². The van der Waals surface area contributed by atoms with E-state index < -0.39 is 0 Å². The van der Waals surface area contributed by atoms with Crippen molar-refractivity contribution in [3.05, 3.63) is 82.1 Å². The van der Waals surface area contributed by atoms with Crippen molar-refractivity contribution in [3.63, 3.8) is 0 Å². The minimum Gasteiger partial charge on any atom is -0.474 e. The number of methoxy groups -OCH3 is 1. The number of benzene rings is 2. The van der Waals surface area contributed by atoms with Crippen molar-refractivity contribution in [2.24, 2.45) is 4.99 Å². The van der Waals surface area contributed by atoms with E-state index in [-0.39, 0.29) is 0 Å². The molecule has 0 fully saturated rings. The highest BCUT2D eigenvalue weighted by molar-refractivity contribution is 6.31. The first-order chi connectivity index (χ1) is 16.2. The SMILES string of the molecule is COCc1nnc2n1Cc1c(C3=NCCO3)ncn1-c1ccc(Cl)cc1-2.Clc1ccccc1. The predicted molar refractivity (Wildman–Crippen MR) is 126 cm³/mol. The van der Waals surface area contributed by atoms with Gasteiger partial charge in [0.1, 0.15) is 25.2 Å². The molecule has 0 amide bonds. The molecule has 0 saturated heterocycles. The number of imidazole rings is 1. The Balaban J connectivity index is 0.000000281. The number of aromatic nitrogens is 5. The first kappa shape index (κ1) is 21.6. The van der Waals surface area contributed by atoms with Gasteiger partial charge in [-0.2, -0.15) is 0 Å². The van der Waals surface area contributed by atoms with Gasteiger partial charge in [-0.25, -0.2) is 9.98 Å². The fourth-order valence-electron chi connectivity index (χ4n) is 3.79. The van der Waals surface area contributed by atoms with Crippen molar-refractivity contribution in [1.29, 1.82) is 0 Å². The van der Waals surface area contributed by atoms with Gasteiger partial charge in [0, 0.05) is 22.7 Å². The molecule has 0 bridgehead atoms. The van der Waals surface area contributed by atoms with Crippen molar-refractivity contribution < 1.29 is 9.47 Å². The molecule has 6 rings (SSSR count). The van der Waals surface area contributed by atoms with E-state index in [2.05, 4.69) is 20.2 Å². The van der Waals surface area contributed by atoms with Gasteiger partial charge in [-0.15, -0.1) is 10.2 Å². The summed E-state index contributed by atoms with van der Waals surface area (Å²) in [5.74, 6) is 2.07. The average molecular weight is 483 g/mol. The molecular formula is C23H20Cl2N6O2. The van der Waals surface area contributed by atoms with Crippen LogP contribution in [-0.2, 0) is 22.6 Å². The van der Waals surface area contributed by atoms with E-state index in [1.165, 1.54) is 0 Å². The number of nitrogens with zero attached hydrogens (tertiary/aromatic N) is 6. The molecule has 168 valence electrons. The Bertz CT molecular complexity index is 1320. The van der Waals surface area contributed by atoms with Gasteiger partial charge in [-0.1, -0.05) is 41.4 Å². The van der Waals surface area contributed by atoms with Crippen molar-refractivity contribution in [1.82, 2.24) is 24.3 Å². The summed E-state index contributed by atoms with van der Waals surface area (Å²) in [6, 6.07) is 15.2. The van der Waals surface area contributed by atoms with Gasteiger partial charge in [0.05, 0.1) is 24.5 Å². The van der Waals surface area contributed by atoms with Crippen molar-refractivity contribution >= 4 is 29.1 Å². The van der Waals surface area contributed by atoms with Crippen LogP contribution < -0.4 is 0 Å². The molecule has 4 aromatic rings. The molecule has 8 nitrogen and oxygen atoms in total. The lowest BCUT2D eigenvalue weighted by Crippen LogP contribution is -2.12. The maximum absolute atomic E-state index is 6.25. The molecule has 33 heavy (non-hydrogen) atoms. The highest BCUT2D eigenvalue weighted by atomic mass is 35.5. The Morgan fingerprint density at radius 2 is 1.91 bits per heavy atom. The summed E-state index contributed by atoms with van der Waals surface area (Å²) in [4.78, 5) is 8.99. The molecule has 0 N–H and O–H groups in total. The van der Waals surface area contributed by atoms with Crippen LogP contribution in [0, 0.1) is 0 Å². The van der Waals surface area contributed by atoms with E-state index >= 15 is 0 Å². The number of hydrogen-bond donors (Lipinski definition) is 0. The normalized spacial score (nSPS) is 13.6. The second kappa shape index (κ2) is 9.35. The fourth-order valence-corrected chi connectivity index (χ4v) is 4.11. The molecule has 10 heteroatoms. The second-order valence-electron chi connectivity index (χ2n) is 7.36. The van der Waals surface area contributed by atoms with Crippen LogP contribution in [0.1, 0.15) is 17.2 Å². The summed E-state index contributed by atoms with van der Waals surface area (Å²) in [7, 11) is 1.64. The zero-order chi connectivity index (χ0) is 22.8. The lowest BCUT2D eigenvalue weighted by Gasteiger charge is -2.09. The number of fused-ring (bicyclic) bond motifs is 5. The summed E-state index contributed by atoms with van der Waals surface area (Å²) >= 11 is 11.8. The second-order valence-corrected chi connectivity index (χ2v) is 8.23. The number of aliphatic imine (C=N–C) groups is 1. The Morgan fingerprint density at radius 1 is 1.06 bits per heavy atom. The van der Waals surface area contributed by atoms with Gasteiger partial charge < -0.3 is 14.0 Å². The lowest BCUT2D eigenvalue weighted by molar-refractivity contribution is 0.174. The average Bonchev–Trinajstić information content (AvgIpc) is 3.55. The van der Waals surface area contributed by atoms with E-state index in [1.54, 1.807) is 13.4 Å². The molecule has 2 aromatic carbocycles. The van der Waals surface area contributed by atoms with E-state index in [0.717, 1.165) is 39.3 Å². The van der Waals surface area contributed by atoms with Crippen LogP contribution in [0.15, 0.2) is 59.9 Å².